The van der Waals surface area contributed by atoms with Crippen molar-refractivity contribution in [2.24, 2.45) is 5.73 Å². The molecule has 1 aromatic carbocycles. The van der Waals surface area contributed by atoms with E-state index in [1.165, 1.54) is 18.2 Å². The van der Waals surface area contributed by atoms with Crippen LogP contribution in [0, 0.1) is 0 Å². The van der Waals surface area contributed by atoms with E-state index in [1.54, 1.807) is 11.8 Å². The van der Waals surface area contributed by atoms with E-state index in [2.05, 4.69) is 4.72 Å². The van der Waals surface area contributed by atoms with E-state index in [0.29, 0.717) is 17.9 Å². The van der Waals surface area contributed by atoms with Gasteiger partial charge in [0, 0.05) is 17.9 Å². The van der Waals surface area contributed by atoms with Gasteiger partial charge in [0.2, 0.25) is 10.0 Å². The molecule has 0 atom stereocenters. The van der Waals surface area contributed by atoms with E-state index in [1.807, 2.05) is 6.26 Å². The number of nitrogens with one attached hydrogen (secondary N) is 1. The SMILES string of the molecule is CSCCNS(=O)(=O)c1ccc(C(N)=S)cc1Cl. The monoisotopic (exact) mass is 324 g/mol. The molecular formula is C10H13ClN2O2S3. The molecule has 0 unspecified atom stereocenters. The Morgan fingerprint density at radius 2 is 2.22 bits per heavy atom. The van der Waals surface area contributed by atoms with Gasteiger partial charge in [-0.3, -0.25) is 0 Å². The predicted molar refractivity (Wildman–Crippen MR) is 80.9 cm³/mol. The van der Waals surface area contributed by atoms with Crippen molar-refractivity contribution in [1.29, 1.82) is 0 Å². The molecule has 8 heteroatoms. The van der Waals surface area contributed by atoms with Crippen molar-refractivity contribution in [3.63, 3.8) is 0 Å². The molecule has 0 aliphatic heterocycles. The molecule has 1 rings (SSSR count). The molecule has 0 aliphatic rings. The summed E-state index contributed by atoms with van der Waals surface area (Å²) < 4.78 is 26.3. The molecule has 1 aromatic rings. The molecule has 4 nitrogen and oxygen atoms in total. The van der Waals surface area contributed by atoms with Crippen molar-refractivity contribution >= 4 is 50.6 Å². The van der Waals surface area contributed by atoms with Crippen molar-refractivity contribution in [3.05, 3.63) is 28.8 Å². The normalized spacial score (nSPS) is 11.4. The number of hydrogen-bond donors (Lipinski definition) is 2. The van der Waals surface area contributed by atoms with E-state index in [-0.39, 0.29) is 14.9 Å². The minimum absolute atomic E-state index is 0.0327. The van der Waals surface area contributed by atoms with E-state index in [0.717, 1.165) is 0 Å². The number of hydrogen-bond acceptors (Lipinski definition) is 4. The zero-order valence-corrected chi connectivity index (χ0v) is 12.8. The van der Waals surface area contributed by atoms with Crippen molar-refractivity contribution in [1.82, 2.24) is 4.72 Å². The average molecular weight is 325 g/mol. The lowest BCUT2D eigenvalue weighted by molar-refractivity contribution is 0.584. The van der Waals surface area contributed by atoms with E-state index < -0.39 is 10.0 Å². The van der Waals surface area contributed by atoms with Crippen LogP contribution in [0.2, 0.25) is 5.02 Å². The first kappa shape index (κ1) is 15.7. The standard InChI is InChI=1S/C10H13ClN2O2S3/c1-17-5-4-13-18(14,15)9-3-2-7(10(12)16)6-8(9)11/h2-3,6,13H,4-5H2,1H3,(H2,12,16). The number of benzene rings is 1. The number of sulfonamides is 1. The maximum Gasteiger partial charge on any atom is 0.242 e. The van der Waals surface area contributed by atoms with Crippen molar-refractivity contribution in [2.45, 2.75) is 4.90 Å². The number of rotatable bonds is 6. The third-order valence-electron chi connectivity index (χ3n) is 2.10. The summed E-state index contributed by atoms with van der Waals surface area (Å²) in [7, 11) is -3.59. The fourth-order valence-electron chi connectivity index (χ4n) is 1.23. The average Bonchev–Trinajstić information content (AvgIpc) is 2.28. The first-order chi connectivity index (χ1) is 8.38. The molecule has 0 bridgehead atoms. The highest BCUT2D eigenvalue weighted by molar-refractivity contribution is 7.98. The molecule has 0 saturated carbocycles. The van der Waals surface area contributed by atoms with E-state index in [4.69, 9.17) is 29.6 Å². The lowest BCUT2D eigenvalue weighted by Gasteiger charge is -2.09. The van der Waals surface area contributed by atoms with Crippen LogP contribution in [0.4, 0.5) is 0 Å². The van der Waals surface area contributed by atoms with E-state index >= 15 is 0 Å². The Hall–Kier alpha value is -0.340. The highest BCUT2D eigenvalue weighted by atomic mass is 35.5. The molecule has 100 valence electrons. The summed E-state index contributed by atoms with van der Waals surface area (Å²) in [6.07, 6.45) is 1.90. The summed E-state index contributed by atoms with van der Waals surface area (Å²) >= 11 is 12.3. The summed E-state index contributed by atoms with van der Waals surface area (Å²) in [4.78, 5) is 0.210. The summed E-state index contributed by atoms with van der Waals surface area (Å²) in [6.45, 7) is 0.358. The van der Waals surface area contributed by atoms with Gasteiger partial charge in [-0.15, -0.1) is 0 Å². The number of nitrogens with two attached hydrogens (primary N) is 1. The van der Waals surface area contributed by atoms with Crippen LogP contribution < -0.4 is 10.5 Å². The highest BCUT2D eigenvalue weighted by Crippen LogP contribution is 2.22. The van der Waals surface area contributed by atoms with Crippen molar-refractivity contribution in [3.8, 4) is 0 Å². The quantitative estimate of drug-likeness (QED) is 0.614. The van der Waals surface area contributed by atoms with E-state index in [9.17, 15) is 8.42 Å². The Kier molecular flexibility index (Phi) is 5.87. The Morgan fingerprint density at radius 1 is 1.56 bits per heavy atom. The first-order valence-electron chi connectivity index (χ1n) is 4.96. The van der Waals surface area contributed by atoms with Gasteiger partial charge in [-0.25, -0.2) is 13.1 Å². The number of thiocarbonyl (C=S) groups is 1. The van der Waals surface area contributed by atoms with Gasteiger partial charge in [-0.05, 0) is 18.4 Å². The maximum absolute atomic E-state index is 11.9. The van der Waals surface area contributed by atoms with Crippen molar-refractivity contribution < 1.29 is 8.42 Å². The zero-order chi connectivity index (χ0) is 13.8. The molecular weight excluding hydrogens is 312 g/mol. The molecule has 0 aliphatic carbocycles. The Labute approximate surface area is 121 Å². The molecule has 0 fully saturated rings. The number of thioether (sulfide) groups is 1. The van der Waals surface area contributed by atoms with Gasteiger partial charge in [-0.1, -0.05) is 29.9 Å². The smallest absolute Gasteiger partial charge is 0.242 e. The largest absolute Gasteiger partial charge is 0.389 e. The number of halogens is 1. The second kappa shape index (κ2) is 6.72. The van der Waals surface area contributed by atoms with Crippen LogP contribution in [0.15, 0.2) is 23.1 Å². The predicted octanol–water partition coefficient (Wildman–Crippen LogP) is 1.62. The second-order valence-corrected chi connectivity index (χ2v) is 6.97. The third-order valence-corrected chi connectivity index (χ3v) is 4.90. The third kappa shape index (κ3) is 4.10. The van der Waals surface area contributed by atoms with Crippen LogP contribution in [0.3, 0.4) is 0 Å². The lowest BCUT2D eigenvalue weighted by Crippen LogP contribution is -2.26. The molecule has 0 spiro atoms. The molecule has 0 saturated heterocycles. The summed E-state index contributed by atoms with van der Waals surface area (Å²) in [5.74, 6) is 0.696. The molecule has 18 heavy (non-hydrogen) atoms. The summed E-state index contributed by atoms with van der Waals surface area (Å²) in [5, 5.41) is 0.108. The van der Waals surface area contributed by atoms with Crippen LogP contribution in [0.25, 0.3) is 0 Å². The summed E-state index contributed by atoms with van der Waals surface area (Å²) in [6, 6.07) is 4.39. The van der Waals surface area contributed by atoms with Crippen LogP contribution in [0.5, 0.6) is 0 Å². The van der Waals surface area contributed by atoms with Crippen molar-refractivity contribution in [2.75, 3.05) is 18.6 Å². The summed E-state index contributed by atoms with van der Waals surface area (Å²) in [5.41, 5.74) is 5.98. The fraction of sp³-hybridized carbons (Fsp3) is 0.300. The maximum atomic E-state index is 11.9. The fourth-order valence-corrected chi connectivity index (χ4v) is 3.36. The Bertz CT molecular complexity index is 546. The van der Waals surface area contributed by atoms with Crippen LogP contribution in [-0.2, 0) is 10.0 Å². The van der Waals surface area contributed by atoms with Gasteiger partial charge in [0.05, 0.1) is 5.02 Å². The minimum Gasteiger partial charge on any atom is -0.389 e. The second-order valence-electron chi connectivity index (χ2n) is 3.40. The van der Waals surface area contributed by atoms with Crippen LogP contribution in [0.1, 0.15) is 5.56 Å². The molecule has 0 amide bonds. The van der Waals surface area contributed by atoms with Gasteiger partial charge < -0.3 is 5.73 Å². The Morgan fingerprint density at radius 3 is 2.72 bits per heavy atom. The zero-order valence-electron chi connectivity index (χ0n) is 9.64. The highest BCUT2D eigenvalue weighted by Gasteiger charge is 2.17. The van der Waals surface area contributed by atoms with Gasteiger partial charge in [0.15, 0.2) is 0 Å². The van der Waals surface area contributed by atoms with Gasteiger partial charge in [-0.2, -0.15) is 11.8 Å². The van der Waals surface area contributed by atoms with Crippen LogP contribution in [-0.4, -0.2) is 32.0 Å². The lowest BCUT2D eigenvalue weighted by atomic mass is 10.2. The molecule has 0 aromatic heterocycles. The minimum atomic E-state index is -3.59. The van der Waals surface area contributed by atoms with Crippen LogP contribution >= 0.6 is 35.6 Å². The van der Waals surface area contributed by atoms with Gasteiger partial charge in [0.25, 0.3) is 0 Å². The Balaban J connectivity index is 2.99. The topological polar surface area (TPSA) is 72.2 Å². The first-order valence-corrected chi connectivity index (χ1v) is 8.63. The molecule has 0 radical (unpaired) electrons. The van der Waals surface area contributed by atoms with Gasteiger partial charge >= 0.3 is 0 Å². The molecule has 0 heterocycles. The molecule has 3 N–H and O–H groups in total. The van der Waals surface area contributed by atoms with Gasteiger partial charge in [0.1, 0.15) is 9.88 Å².